The second kappa shape index (κ2) is 20.6. The number of benzene rings is 4. The molecule has 0 radical (unpaired) electrons. The molecule has 2 heterocycles. The predicted octanol–water partition coefficient (Wildman–Crippen LogP) is 13.3. The number of carboxylic acid groups (broad SMARTS) is 1. The van der Waals surface area contributed by atoms with E-state index in [1.807, 2.05) is 48.5 Å². The van der Waals surface area contributed by atoms with Gasteiger partial charge in [0, 0.05) is 17.1 Å². The van der Waals surface area contributed by atoms with Crippen molar-refractivity contribution in [3.63, 3.8) is 0 Å². The molecular formula is C48H50N4O4S2. The number of carbonyl (C=O) groups is 1. The molecule has 4 aromatic carbocycles. The molecule has 0 amide bonds. The zero-order valence-corrected chi connectivity index (χ0v) is 35.3. The summed E-state index contributed by atoms with van der Waals surface area (Å²) in [5.41, 5.74) is 7.73. The molecule has 6 aromatic rings. The topological polar surface area (TPSA) is 109 Å². The van der Waals surface area contributed by atoms with Crippen LogP contribution < -0.4 is 14.4 Å². The number of ether oxygens (including phenoxy) is 2. The normalized spacial score (nSPS) is 11.3. The van der Waals surface area contributed by atoms with Crippen molar-refractivity contribution in [1.82, 2.24) is 9.97 Å². The standard InChI is InChI=1S/C48H50N4O4S2/c1-5-7-9-11-13-42-44(34-17-15-33(16-18-34)31-36(32-49)48(53)54)57-46(50-42)47-51-43(14-12-10-8-6-2)45(58-47)35-19-21-37(22-20-35)52(38-23-27-40(55-3)28-24-38)39-25-29-41(56-4)30-26-39/h15-31H,5-14H2,1-4H3,(H,53,54)/b36-31-. The van der Waals surface area contributed by atoms with Crippen LogP contribution in [-0.4, -0.2) is 35.3 Å². The number of anilines is 3. The van der Waals surface area contributed by atoms with Crippen LogP contribution in [0.5, 0.6) is 11.5 Å². The van der Waals surface area contributed by atoms with Gasteiger partial charge in [-0.3, -0.25) is 0 Å². The summed E-state index contributed by atoms with van der Waals surface area (Å²) in [5.74, 6) is 0.367. The van der Waals surface area contributed by atoms with E-state index in [1.165, 1.54) is 30.2 Å². The Balaban J connectivity index is 1.36. The van der Waals surface area contributed by atoms with Crippen molar-refractivity contribution in [2.24, 2.45) is 0 Å². The van der Waals surface area contributed by atoms with Gasteiger partial charge in [-0.1, -0.05) is 88.8 Å². The van der Waals surface area contributed by atoms with Crippen molar-refractivity contribution in [1.29, 1.82) is 5.26 Å². The summed E-state index contributed by atoms with van der Waals surface area (Å²) < 4.78 is 10.9. The number of carboxylic acids is 1. The van der Waals surface area contributed by atoms with Gasteiger partial charge in [0.2, 0.25) is 0 Å². The van der Waals surface area contributed by atoms with Crippen LogP contribution in [0, 0.1) is 11.3 Å². The number of aromatic nitrogens is 2. The Labute approximate surface area is 350 Å². The highest BCUT2D eigenvalue weighted by molar-refractivity contribution is 7.24. The van der Waals surface area contributed by atoms with Crippen LogP contribution in [0.25, 0.3) is 37.0 Å². The lowest BCUT2D eigenvalue weighted by Gasteiger charge is -2.26. The fourth-order valence-electron chi connectivity index (χ4n) is 6.83. The molecular weight excluding hydrogens is 761 g/mol. The van der Waals surface area contributed by atoms with Gasteiger partial charge in [0.15, 0.2) is 10.0 Å². The van der Waals surface area contributed by atoms with Crippen LogP contribution in [0.2, 0.25) is 0 Å². The van der Waals surface area contributed by atoms with Crippen molar-refractivity contribution in [2.75, 3.05) is 19.1 Å². The van der Waals surface area contributed by atoms with E-state index in [4.69, 9.17) is 19.4 Å². The van der Waals surface area contributed by atoms with E-state index < -0.39 is 5.97 Å². The number of hydrogen-bond acceptors (Lipinski definition) is 9. The number of methoxy groups -OCH3 is 2. The van der Waals surface area contributed by atoms with Crippen molar-refractivity contribution in [3.05, 3.63) is 120 Å². The zero-order chi connectivity index (χ0) is 40.9. The van der Waals surface area contributed by atoms with Crippen LogP contribution in [0.15, 0.2) is 103 Å². The second-order valence-corrected chi connectivity index (χ2v) is 16.1. The first-order valence-corrected chi connectivity index (χ1v) is 21.6. The minimum absolute atomic E-state index is 0.295. The first-order chi connectivity index (χ1) is 28.3. The molecule has 2 aromatic heterocycles. The van der Waals surface area contributed by atoms with Gasteiger partial charge < -0.3 is 19.5 Å². The predicted molar refractivity (Wildman–Crippen MR) is 239 cm³/mol. The number of nitrogens with zero attached hydrogens (tertiary/aromatic N) is 4. The third kappa shape index (κ3) is 10.4. The highest BCUT2D eigenvalue weighted by Gasteiger charge is 2.21. The number of rotatable bonds is 20. The fourth-order valence-corrected chi connectivity index (χ4v) is 9.08. The Morgan fingerprint density at radius 2 is 1.07 bits per heavy atom. The SMILES string of the molecule is CCCCCCc1nc(-c2nc(CCCCCC)c(-c3ccc(N(c4ccc(OC)cc4)c4ccc(OC)cc4)cc3)s2)sc1-c1ccc(/C=C(/C#N)C(=O)O)cc1. The van der Waals surface area contributed by atoms with E-state index in [0.29, 0.717) is 5.56 Å². The molecule has 0 aliphatic carbocycles. The van der Waals surface area contributed by atoms with E-state index in [2.05, 4.69) is 67.3 Å². The molecule has 0 aliphatic heterocycles. The summed E-state index contributed by atoms with van der Waals surface area (Å²) >= 11 is 3.37. The molecule has 0 unspecified atom stereocenters. The molecule has 0 bridgehead atoms. The van der Waals surface area contributed by atoms with Crippen LogP contribution in [0.1, 0.15) is 82.2 Å². The Bertz CT molecular complexity index is 2270. The minimum Gasteiger partial charge on any atom is -0.497 e. The molecule has 10 heteroatoms. The van der Waals surface area contributed by atoms with Crippen molar-refractivity contribution < 1.29 is 19.4 Å². The van der Waals surface area contributed by atoms with E-state index in [-0.39, 0.29) is 5.57 Å². The lowest BCUT2D eigenvalue weighted by molar-refractivity contribution is -0.132. The molecule has 1 N–H and O–H groups in total. The van der Waals surface area contributed by atoms with Crippen molar-refractivity contribution in [3.8, 4) is 48.5 Å². The molecule has 0 aliphatic rings. The Morgan fingerprint density at radius 1 is 0.655 bits per heavy atom. The van der Waals surface area contributed by atoms with Crippen LogP contribution in [0.4, 0.5) is 17.1 Å². The smallest absolute Gasteiger partial charge is 0.346 e. The number of nitriles is 1. The van der Waals surface area contributed by atoms with E-state index >= 15 is 0 Å². The average Bonchev–Trinajstić information content (AvgIpc) is 3.89. The molecule has 298 valence electrons. The summed E-state index contributed by atoms with van der Waals surface area (Å²) in [6.45, 7) is 4.45. The monoisotopic (exact) mass is 810 g/mol. The van der Waals surface area contributed by atoms with Crippen LogP contribution in [0.3, 0.4) is 0 Å². The highest BCUT2D eigenvalue weighted by Crippen LogP contribution is 2.43. The molecule has 0 saturated heterocycles. The minimum atomic E-state index is -1.24. The maximum absolute atomic E-state index is 11.4. The van der Waals surface area contributed by atoms with Gasteiger partial charge in [-0.15, -0.1) is 22.7 Å². The van der Waals surface area contributed by atoms with E-state index in [9.17, 15) is 15.2 Å². The number of thiazole rings is 2. The Morgan fingerprint density at radius 3 is 1.45 bits per heavy atom. The summed E-state index contributed by atoms with van der Waals surface area (Å²) in [7, 11) is 3.35. The van der Waals surface area contributed by atoms with Crippen molar-refractivity contribution in [2.45, 2.75) is 78.1 Å². The third-order valence-electron chi connectivity index (χ3n) is 10.00. The number of aliphatic carboxylic acids is 1. The van der Waals surface area contributed by atoms with Gasteiger partial charge in [-0.25, -0.2) is 14.8 Å². The summed E-state index contributed by atoms with van der Waals surface area (Å²) in [5, 5.41) is 20.4. The van der Waals surface area contributed by atoms with Gasteiger partial charge in [-0.05, 0) is 109 Å². The van der Waals surface area contributed by atoms with Gasteiger partial charge in [0.05, 0.1) is 35.4 Å². The third-order valence-corrected chi connectivity index (χ3v) is 12.4. The van der Waals surface area contributed by atoms with Gasteiger partial charge in [-0.2, -0.15) is 5.26 Å². The number of aryl methyl sites for hydroxylation is 2. The molecule has 0 spiro atoms. The molecule has 58 heavy (non-hydrogen) atoms. The Kier molecular flexibility index (Phi) is 14.9. The molecule has 0 saturated carbocycles. The lowest BCUT2D eigenvalue weighted by atomic mass is 10.0. The van der Waals surface area contributed by atoms with Crippen LogP contribution >= 0.6 is 22.7 Å². The number of unbranched alkanes of at least 4 members (excludes halogenated alkanes) is 6. The summed E-state index contributed by atoms with van der Waals surface area (Å²) in [6.07, 6.45) is 12.3. The first kappa shape index (κ1) is 41.9. The van der Waals surface area contributed by atoms with Gasteiger partial charge >= 0.3 is 5.97 Å². The highest BCUT2D eigenvalue weighted by atomic mass is 32.1. The van der Waals surface area contributed by atoms with Crippen molar-refractivity contribution >= 4 is 51.8 Å². The largest absolute Gasteiger partial charge is 0.497 e. The van der Waals surface area contributed by atoms with E-state index in [0.717, 1.165) is 111 Å². The van der Waals surface area contributed by atoms with Gasteiger partial charge in [0.25, 0.3) is 0 Å². The first-order valence-electron chi connectivity index (χ1n) is 20.0. The molecule has 0 fully saturated rings. The van der Waals surface area contributed by atoms with Gasteiger partial charge in [0.1, 0.15) is 23.1 Å². The summed E-state index contributed by atoms with van der Waals surface area (Å²) in [6, 6.07) is 34.4. The number of hydrogen-bond donors (Lipinski definition) is 1. The van der Waals surface area contributed by atoms with Crippen LogP contribution in [-0.2, 0) is 17.6 Å². The maximum Gasteiger partial charge on any atom is 0.346 e. The quantitative estimate of drug-likeness (QED) is 0.0461. The molecule has 8 nitrogen and oxygen atoms in total. The summed E-state index contributed by atoms with van der Waals surface area (Å²) in [4.78, 5) is 26.5. The lowest BCUT2D eigenvalue weighted by Crippen LogP contribution is -2.09. The second-order valence-electron chi connectivity index (χ2n) is 14.1. The fraction of sp³-hybridized carbons (Fsp3) is 0.292. The Hall–Kier alpha value is -5.76. The molecule has 0 atom stereocenters. The average molecular weight is 811 g/mol. The molecule has 6 rings (SSSR count). The van der Waals surface area contributed by atoms with E-state index in [1.54, 1.807) is 43.0 Å². The maximum atomic E-state index is 11.4. The zero-order valence-electron chi connectivity index (χ0n) is 33.7.